The van der Waals surface area contributed by atoms with E-state index in [-0.39, 0.29) is 6.04 Å². The normalized spacial score (nSPS) is 15.2. The summed E-state index contributed by atoms with van der Waals surface area (Å²) in [6.07, 6.45) is 2.64. The van der Waals surface area contributed by atoms with E-state index in [4.69, 9.17) is 9.47 Å². The van der Waals surface area contributed by atoms with Gasteiger partial charge in [0, 0.05) is 11.6 Å². The molecule has 1 unspecified atom stereocenters. The number of ether oxygens (including phenoxy) is 2. The predicted molar refractivity (Wildman–Crippen MR) is 93.2 cm³/mol. The fourth-order valence-electron chi connectivity index (χ4n) is 2.91. The zero-order valence-electron chi connectivity index (χ0n) is 13.9. The molecule has 0 saturated heterocycles. The average Bonchev–Trinajstić information content (AvgIpc) is 3.13. The molecule has 1 N–H and O–H groups in total. The maximum atomic E-state index is 12.0. The van der Waals surface area contributed by atoms with Crippen molar-refractivity contribution in [1.82, 2.24) is 5.32 Å². The molecule has 0 aliphatic heterocycles. The average molecular weight is 336 g/mol. The van der Waals surface area contributed by atoms with Crippen LogP contribution in [0.5, 0.6) is 11.5 Å². The van der Waals surface area contributed by atoms with E-state index in [1.807, 2.05) is 36.4 Å². The molecule has 2 aromatic carbocycles. The first-order valence-corrected chi connectivity index (χ1v) is 8.44. The Kier molecular flexibility index (Phi) is 5.53. The summed E-state index contributed by atoms with van der Waals surface area (Å²) in [5.74, 6) is 1.29. The first-order valence-electron chi connectivity index (χ1n) is 8.44. The van der Waals surface area contributed by atoms with Crippen LogP contribution < -0.4 is 10.1 Å². The van der Waals surface area contributed by atoms with E-state index in [1.54, 1.807) is 24.3 Å². The highest BCUT2D eigenvalue weighted by atomic mass is 16.6. The van der Waals surface area contributed by atoms with Gasteiger partial charge in [-0.05, 0) is 37.1 Å². The Labute approximate surface area is 147 Å². The second-order valence-electron chi connectivity index (χ2n) is 6.03. The molecule has 1 fully saturated rings. The lowest BCUT2D eigenvalue weighted by molar-refractivity contribution is 0.119. The number of carbonyl (C=O) groups is 1. The number of hydrogen-bond acceptors (Lipinski definition) is 4. The fraction of sp³-hybridized carbons (Fsp3) is 0.300. The van der Waals surface area contributed by atoms with Crippen LogP contribution in [-0.2, 0) is 4.74 Å². The van der Waals surface area contributed by atoms with Gasteiger partial charge in [-0.25, -0.2) is 4.79 Å². The second kappa shape index (κ2) is 8.20. The molecule has 1 saturated carbocycles. The standard InChI is InChI=1S/C20H20N2O3/c21-14-19(25-20(23)22-16-8-4-5-9-16)15-7-6-12-18(13-15)24-17-10-2-1-3-11-17/h1-3,6-7,10-13,16,19H,4-5,8-9H2,(H,22,23). The monoisotopic (exact) mass is 336 g/mol. The molecule has 1 aliphatic carbocycles. The topological polar surface area (TPSA) is 71.3 Å². The molecule has 5 heteroatoms. The Balaban J connectivity index is 1.65. The first kappa shape index (κ1) is 16.8. The molecule has 1 atom stereocenters. The minimum absolute atomic E-state index is 0.152. The fourth-order valence-corrected chi connectivity index (χ4v) is 2.91. The molecule has 0 heterocycles. The number of para-hydroxylation sites is 1. The van der Waals surface area contributed by atoms with Crippen LogP contribution in [0.2, 0.25) is 0 Å². The zero-order chi connectivity index (χ0) is 17.5. The number of carbonyl (C=O) groups excluding carboxylic acids is 1. The van der Waals surface area contributed by atoms with Crippen molar-refractivity contribution in [2.45, 2.75) is 37.8 Å². The summed E-state index contributed by atoms with van der Waals surface area (Å²) in [4.78, 5) is 12.0. The van der Waals surface area contributed by atoms with Gasteiger partial charge in [-0.1, -0.05) is 43.2 Å². The minimum atomic E-state index is -0.972. The SMILES string of the molecule is N#CC(OC(=O)NC1CCCC1)c1cccc(Oc2ccccc2)c1. The van der Waals surface area contributed by atoms with E-state index in [0.717, 1.165) is 25.7 Å². The quantitative estimate of drug-likeness (QED) is 0.858. The summed E-state index contributed by atoms with van der Waals surface area (Å²) in [5.41, 5.74) is 0.581. The highest BCUT2D eigenvalue weighted by Gasteiger charge is 2.21. The Morgan fingerprint density at radius 3 is 2.52 bits per heavy atom. The van der Waals surface area contributed by atoms with Gasteiger partial charge >= 0.3 is 6.09 Å². The van der Waals surface area contributed by atoms with E-state index in [9.17, 15) is 10.1 Å². The Bertz CT molecular complexity index is 749. The molecule has 1 aliphatic rings. The zero-order valence-corrected chi connectivity index (χ0v) is 13.9. The van der Waals surface area contributed by atoms with Crippen molar-refractivity contribution in [2.24, 2.45) is 0 Å². The molecule has 0 spiro atoms. The van der Waals surface area contributed by atoms with Gasteiger partial charge in [0.15, 0.2) is 0 Å². The maximum absolute atomic E-state index is 12.0. The van der Waals surface area contributed by atoms with Crippen molar-refractivity contribution in [1.29, 1.82) is 5.26 Å². The maximum Gasteiger partial charge on any atom is 0.409 e. The molecule has 1 amide bonds. The predicted octanol–water partition coefficient (Wildman–Crippen LogP) is 4.71. The molecule has 2 aromatic rings. The molecule has 0 bridgehead atoms. The van der Waals surface area contributed by atoms with E-state index < -0.39 is 12.2 Å². The van der Waals surface area contributed by atoms with Crippen molar-refractivity contribution in [2.75, 3.05) is 0 Å². The third-order valence-corrected chi connectivity index (χ3v) is 4.16. The van der Waals surface area contributed by atoms with Gasteiger partial charge < -0.3 is 14.8 Å². The smallest absolute Gasteiger partial charge is 0.409 e. The van der Waals surface area contributed by atoms with Crippen LogP contribution in [0.15, 0.2) is 54.6 Å². The summed E-state index contributed by atoms with van der Waals surface area (Å²) in [7, 11) is 0. The number of rotatable bonds is 5. The van der Waals surface area contributed by atoms with Gasteiger partial charge in [-0.15, -0.1) is 0 Å². The molecule has 128 valence electrons. The van der Waals surface area contributed by atoms with Crippen LogP contribution in [0.25, 0.3) is 0 Å². The van der Waals surface area contributed by atoms with Crippen LogP contribution in [0.1, 0.15) is 37.4 Å². The Morgan fingerprint density at radius 1 is 1.08 bits per heavy atom. The van der Waals surface area contributed by atoms with Crippen LogP contribution in [0.4, 0.5) is 4.79 Å². The van der Waals surface area contributed by atoms with E-state index >= 15 is 0 Å². The molecular weight excluding hydrogens is 316 g/mol. The molecule has 5 nitrogen and oxygen atoms in total. The Hall–Kier alpha value is -3.00. The van der Waals surface area contributed by atoms with Crippen LogP contribution in [-0.4, -0.2) is 12.1 Å². The summed E-state index contributed by atoms with van der Waals surface area (Å²) >= 11 is 0. The highest BCUT2D eigenvalue weighted by Crippen LogP contribution is 2.26. The number of nitrogens with zero attached hydrogens (tertiary/aromatic N) is 1. The largest absolute Gasteiger partial charge is 0.457 e. The lowest BCUT2D eigenvalue weighted by atomic mass is 10.1. The van der Waals surface area contributed by atoms with Crippen LogP contribution in [0.3, 0.4) is 0 Å². The summed E-state index contributed by atoms with van der Waals surface area (Å²) in [6.45, 7) is 0. The third-order valence-electron chi connectivity index (χ3n) is 4.16. The van der Waals surface area contributed by atoms with Crippen molar-refractivity contribution in [3.8, 4) is 17.6 Å². The number of nitriles is 1. The molecule has 3 rings (SSSR count). The molecule has 0 radical (unpaired) electrons. The van der Waals surface area contributed by atoms with Crippen LogP contribution >= 0.6 is 0 Å². The highest BCUT2D eigenvalue weighted by molar-refractivity contribution is 5.68. The number of alkyl carbamates (subject to hydrolysis) is 1. The number of nitrogens with one attached hydrogen (secondary N) is 1. The van der Waals surface area contributed by atoms with Gasteiger partial charge in [-0.3, -0.25) is 0 Å². The molecule has 25 heavy (non-hydrogen) atoms. The van der Waals surface area contributed by atoms with Gasteiger partial charge in [0.2, 0.25) is 6.10 Å². The number of benzene rings is 2. The molecule has 0 aromatic heterocycles. The molecular formula is C20H20N2O3. The van der Waals surface area contributed by atoms with Gasteiger partial charge in [0.25, 0.3) is 0 Å². The summed E-state index contributed by atoms with van der Waals surface area (Å²) in [6, 6.07) is 18.6. The van der Waals surface area contributed by atoms with Crippen molar-refractivity contribution < 1.29 is 14.3 Å². The lowest BCUT2D eigenvalue weighted by Gasteiger charge is -2.16. The first-order chi connectivity index (χ1) is 12.2. The Morgan fingerprint density at radius 2 is 1.80 bits per heavy atom. The lowest BCUT2D eigenvalue weighted by Crippen LogP contribution is -2.33. The van der Waals surface area contributed by atoms with E-state index in [1.165, 1.54) is 0 Å². The van der Waals surface area contributed by atoms with E-state index in [0.29, 0.717) is 17.1 Å². The number of amides is 1. The van der Waals surface area contributed by atoms with Gasteiger partial charge in [-0.2, -0.15) is 5.26 Å². The minimum Gasteiger partial charge on any atom is -0.457 e. The van der Waals surface area contributed by atoms with Gasteiger partial charge in [0.05, 0.1) is 0 Å². The second-order valence-corrected chi connectivity index (χ2v) is 6.03. The third kappa shape index (κ3) is 4.74. The van der Waals surface area contributed by atoms with Crippen molar-refractivity contribution in [3.63, 3.8) is 0 Å². The van der Waals surface area contributed by atoms with Crippen LogP contribution in [0, 0.1) is 11.3 Å². The number of hydrogen-bond donors (Lipinski definition) is 1. The van der Waals surface area contributed by atoms with Gasteiger partial charge in [0.1, 0.15) is 17.6 Å². The van der Waals surface area contributed by atoms with Crippen molar-refractivity contribution >= 4 is 6.09 Å². The summed E-state index contributed by atoms with van der Waals surface area (Å²) in [5, 5.41) is 12.2. The van der Waals surface area contributed by atoms with E-state index in [2.05, 4.69) is 5.32 Å². The van der Waals surface area contributed by atoms with Crippen molar-refractivity contribution in [3.05, 3.63) is 60.2 Å². The summed E-state index contributed by atoms with van der Waals surface area (Å²) < 4.78 is 11.0.